The zero-order valence-corrected chi connectivity index (χ0v) is 9.94. The number of benzene rings is 1. The predicted octanol–water partition coefficient (Wildman–Crippen LogP) is 3.17. The summed E-state index contributed by atoms with van der Waals surface area (Å²) in [6.07, 6.45) is 2.84. The second-order valence-electron chi connectivity index (χ2n) is 3.99. The van der Waals surface area contributed by atoms with Crippen LogP contribution in [0.2, 0.25) is 0 Å². The SMILES string of the molecule is CNC(C)c1cccc(-c2ccncc2F)c1. The van der Waals surface area contributed by atoms with Crippen LogP contribution >= 0.6 is 0 Å². The van der Waals surface area contributed by atoms with Crippen molar-refractivity contribution in [1.82, 2.24) is 10.3 Å². The van der Waals surface area contributed by atoms with Crippen LogP contribution in [0.1, 0.15) is 18.5 Å². The smallest absolute Gasteiger partial charge is 0.149 e. The maximum atomic E-state index is 13.6. The molecule has 1 unspecified atom stereocenters. The molecule has 1 atom stereocenters. The van der Waals surface area contributed by atoms with Crippen molar-refractivity contribution in [2.45, 2.75) is 13.0 Å². The molecule has 1 heterocycles. The number of hydrogen-bond acceptors (Lipinski definition) is 2. The maximum Gasteiger partial charge on any atom is 0.149 e. The van der Waals surface area contributed by atoms with Gasteiger partial charge in [0.1, 0.15) is 5.82 Å². The van der Waals surface area contributed by atoms with E-state index in [9.17, 15) is 4.39 Å². The summed E-state index contributed by atoms with van der Waals surface area (Å²) in [4.78, 5) is 3.76. The number of nitrogens with zero attached hydrogens (tertiary/aromatic N) is 1. The molecule has 17 heavy (non-hydrogen) atoms. The Kier molecular flexibility index (Phi) is 3.49. The molecule has 2 nitrogen and oxygen atoms in total. The average Bonchev–Trinajstić information content (AvgIpc) is 2.38. The Bertz CT molecular complexity index is 511. The summed E-state index contributed by atoms with van der Waals surface area (Å²) >= 11 is 0. The van der Waals surface area contributed by atoms with Gasteiger partial charge in [-0.25, -0.2) is 4.39 Å². The number of pyridine rings is 1. The van der Waals surface area contributed by atoms with Gasteiger partial charge < -0.3 is 5.32 Å². The molecule has 1 N–H and O–H groups in total. The van der Waals surface area contributed by atoms with E-state index in [0.717, 1.165) is 11.1 Å². The Morgan fingerprint density at radius 3 is 2.82 bits per heavy atom. The third kappa shape index (κ3) is 2.50. The summed E-state index contributed by atoms with van der Waals surface area (Å²) in [6.45, 7) is 2.07. The summed E-state index contributed by atoms with van der Waals surface area (Å²) in [5, 5.41) is 3.17. The first-order valence-electron chi connectivity index (χ1n) is 5.59. The predicted molar refractivity (Wildman–Crippen MR) is 67.1 cm³/mol. The van der Waals surface area contributed by atoms with E-state index < -0.39 is 0 Å². The second kappa shape index (κ2) is 5.06. The summed E-state index contributed by atoms with van der Waals surface area (Å²) in [5.41, 5.74) is 2.61. The van der Waals surface area contributed by atoms with Gasteiger partial charge in [0.05, 0.1) is 6.20 Å². The van der Waals surface area contributed by atoms with Gasteiger partial charge in [0.2, 0.25) is 0 Å². The van der Waals surface area contributed by atoms with Crippen LogP contribution in [-0.4, -0.2) is 12.0 Å². The molecule has 0 spiro atoms. The summed E-state index contributed by atoms with van der Waals surface area (Å²) < 4.78 is 13.6. The van der Waals surface area contributed by atoms with Crippen molar-refractivity contribution in [2.75, 3.05) is 7.05 Å². The van der Waals surface area contributed by atoms with Gasteiger partial charge in [-0.3, -0.25) is 4.98 Å². The van der Waals surface area contributed by atoms with Gasteiger partial charge in [-0.2, -0.15) is 0 Å². The second-order valence-corrected chi connectivity index (χ2v) is 3.99. The first-order chi connectivity index (χ1) is 8.22. The van der Waals surface area contributed by atoms with E-state index in [1.807, 2.05) is 31.3 Å². The van der Waals surface area contributed by atoms with Crippen molar-refractivity contribution in [2.24, 2.45) is 0 Å². The molecule has 0 aliphatic carbocycles. The van der Waals surface area contributed by atoms with Crippen molar-refractivity contribution in [3.63, 3.8) is 0 Å². The fourth-order valence-corrected chi connectivity index (χ4v) is 1.75. The fourth-order valence-electron chi connectivity index (χ4n) is 1.75. The molecule has 1 aromatic carbocycles. The van der Waals surface area contributed by atoms with Crippen molar-refractivity contribution in [1.29, 1.82) is 0 Å². The van der Waals surface area contributed by atoms with Crippen LogP contribution in [0.3, 0.4) is 0 Å². The molecule has 0 amide bonds. The minimum Gasteiger partial charge on any atom is -0.313 e. The highest BCUT2D eigenvalue weighted by Gasteiger charge is 2.07. The van der Waals surface area contributed by atoms with Crippen LogP contribution in [0.25, 0.3) is 11.1 Å². The van der Waals surface area contributed by atoms with Gasteiger partial charge in [-0.1, -0.05) is 18.2 Å². The van der Waals surface area contributed by atoms with Crippen LogP contribution in [-0.2, 0) is 0 Å². The molecule has 0 radical (unpaired) electrons. The van der Waals surface area contributed by atoms with E-state index in [1.165, 1.54) is 6.20 Å². The zero-order valence-electron chi connectivity index (χ0n) is 9.94. The largest absolute Gasteiger partial charge is 0.313 e. The van der Waals surface area contributed by atoms with Gasteiger partial charge in [-0.05, 0) is 37.2 Å². The minimum absolute atomic E-state index is 0.250. The highest BCUT2D eigenvalue weighted by Crippen LogP contribution is 2.24. The minimum atomic E-state index is -0.290. The van der Waals surface area contributed by atoms with Gasteiger partial charge in [0.15, 0.2) is 0 Å². The fraction of sp³-hybridized carbons (Fsp3) is 0.214. The van der Waals surface area contributed by atoms with Crippen LogP contribution < -0.4 is 5.32 Å². The van der Waals surface area contributed by atoms with Crippen LogP contribution in [0.5, 0.6) is 0 Å². The number of halogens is 1. The summed E-state index contributed by atoms with van der Waals surface area (Å²) in [6, 6.07) is 9.82. The molecule has 0 saturated heterocycles. The zero-order chi connectivity index (χ0) is 12.3. The molecule has 0 fully saturated rings. The summed E-state index contributed by atoms with van der Waals surface area (Å²) in [7, 11) is 1.91. The third-order valence-corrected chi connectivity index (χ3v) is 2.90. The van der Waals surface area contributed by atoms with Gasteiger partial charge in [-0.15, -0.1) is 0 Å². The standard InChI is InChI=1S/C14H15FN2/c1-10(16-2)11-4-3-5-12(8-11)13-6-7-17-9-14(13)15/h3-10,16H,1-2H3. The molecule has 88 valence electrons. The number of rotatable bonds is 3. The van der Waals surface area contributed by atoms with Crippen molar-refractivity contribution < 1.29 is 4.39 Å². The number of nitrogens with one attached hydrogen (secondary N) is 1. The van der Waals surface area contributed by atoms with Gasteiger partial charge in [0.25, 0.3) is 0 Å². The lowest BCUT2D eigenvalue weighted by molar-refractivity contribution is 0.624. The van der Waals surface area contributed by atoms with Crippen molar-refractivity contribution in [3.8, 4) is 11.1 Å². The monoisotopic (exact) mass is 230 g/mol. The van der Waals surface area contributed by atoms with Gasteiger partial charge in [0, 0.05) is 17.8 Å². The topological polar surface area (TPSA) is 24.9 Å². The van der Waals surface area contributed by atoms with Gasteiger partial charge >= 0.3 is 0 Å². The highest BCUT2D eigenvalue weighted by atomic mass is 19.1. The van der Waals surface area contributed by atoms with Crippen LogP contribution in [0.4, 0.5) is 4.39 Å². The summed E-state index contributed by atoms with van der Waals surface area (Å²) in [5.74, 6) is -0.290. The van der Waals surface area contributed by atoms with E-state index >= 15 is 0 Å². The molecule has 0 aliphatic heterocycles. The molecule has 0 aliphatic rings. The van der Waals surface area contributed by atoms with Crippen LogP contribution in [0, 0.1) is 5.82 Å². The Balaban J connectivity index is 2.43. The Morgan fingerprint density at radius 2 is 2.12 bits per heavy atom. The Labute approximate surface area is 101 Å². The molecule has 3 heteroatoms. The maximum absolute atomic E-state index is 13.6. The Morgan fingerprint density at radius 1 is 1.29 bits per heavy atom. The van der Waals surface area contributed by atoms with Crippen molar-refractivity contribution in [3.05, 3.63) is 54.1 Å². The normalized spacial score (nSPS) is 12.4. The van der Waals surface area contributed by atoms with E-state index in [4.69, 9.17) is 0 Å². The molecule has 1 aromatic heterocycles. The quantitative estimate of drug-likeness (QED) is 0.876. The lowest BCUT2D eigenvalue weighted by atomic mass is 10.0. The molecular formula is C14H15FN2. The number of aromatic nitrogens is 1. The lowest BCUT2D eigenvalue weighted by Crippen LogP contribution is -2.12. The lowest BCUT2D eigenvalue weighted by Gasteiger charge is -2.12. The molecule has 2 aromatic rings. The highest BCUT2D eigenvalue weighted by molar-refractivity contribution is 5.64. The van der Waals surface area contributed by atoms with E-state index in [-0.39, 0.29) is 11.9 Å². The first kappa shape index (κ1) is 11.7. The number of hydrogen-bond donors (Lipinski definition) is 1. The molecule has 0 saturated carbocycles. The first-order valence-corrected chi connectivity index (χ1v) is 5.59. The third-order valence-electron chi connectivity index (χ3n) is 2.90. The Hall–Kier alpha value is -1.74. The van der Waals surface area contributed by atoms with E-state index in [0.29, 0.717) is 5.56 Å². The molecule has 2 rings (SSSR count). The van der Waals surface area contributed by atoms with Crippen LogP contribution in [0.15, 0.2) is 42.7 Å². The van der Waals surface area contributed by atoms with E-state index in [1.54, 1.807) is 12.3 Å². The molecular weight excluding hydrogens is 215 g/mol. The van der Waals surface area contributed by atoms with E-state index in [2.05, 4.69) is 17.2 Å². The average molecular weight is 230 g/mol. The molecule has 0 bridgehead atoms. The van der Waals surface area contributed by atoms with Crippen molar-refractivity contribution >= 4 is 0 Å².